The van der Waals surface area contributed by atoms with E-state index in [9.17, 15) is 13.2 Å². The van der Waals surface area contributed by atoms with Gasteiger partial charge in [-0.1, -0.05) is 6.07 Å². The molecule has 1 N–H and O–H groups in total. The van der Waals surface area contributed by atoms with Crippen LogP contribution in [0.4, 0.5) is 0 Å². The number of carbonyl (C=O) groups is 1. The Balaban J connectivity index is 1.58. The maximum absolute atomic E-state index is 12.8. The number of rotatable bonds is 10. The molecule has 0 aromatic heterocycles. The third-order valence-corrected chi connectivity index (χ3v) is 7.05. The summed E-state index contributed by atoms with van der Waals surface area (Å²) in [7, 11) is -1.90. The second-order valence-corrected chi connectivity index (χ2v) is 9.41. The molecule has 0 fully saturated rings. The molecule has 2 aromatic carbocycles. The van der Waals surface area contributed by atoms with E-state index in [1.807, 2.05) is 32.0 Å². The molecule has 0 saturated heterocycles. The van der Waals surface area contributed by atoms with Gasteiger partial charge in [-0.25, -0.2) is 8.42 Å². The fraction of sp³-hybridized carbons (Fsp3) is 0.435. The van der Waals surface area contributed by atoms with Crippen LogP contribution in [-0.2, 0) is 23.0 Å². The van der Waals surface area contributed by atoms with Gasteiger partial charge >= 0.3 is 0 Å². The van der Waals surface area contributed by atoms with Crippen molar-refractivity contribution in [3.05, 3.63) is 53.1 Å². The van der Waals surface area contributed by atoms with Crippen molar-refractivity contribution < 1.29 is 27.4 Å². The summed E-state index contributed by atoms with van der Waals surface area (Å²) in [6.45, 7) is 5.40. The molecule has 0 atom stereocenters. The zero-order valence-corrected chi connectivity index (χ0v) is 19.5. The molecule has 1 aliphatic rings. The van der Waals surface area contributed by atoms with Gasteiger partial charge in [-0.05, 0) is 61.7 Å². The average Bonchev–Trinajstić information content (AvgIpc) is 2.79. The molecule has 2 aromatic rings. The maximum Gasteiger partial charge on any atom is 0.251 e. The van der Waals surface area contributed by atoms with E-state index in [0.717, 1.165) is 16.9 Å². The van der Waals surface area contributed by atoms with Crippen LogP contribution in [0.5, 0.6) is 17.2 Å². The van der Waals surface area contributed by atoms with Crippen LogP contribution in [0.2, 0.25) is 0 Å². The summed E-state index contributed by atoms with van der Waals surface area (Å²) in [5, 5.41) is 2.69. The van der Waals surface area contributed by atoms with Gasteiger partial charge < -0.3 is 19.5 Å². The van der Waals surface area contributed by atoms with Crippen molar-refractivity contribution in [2.75, 3.05) is 39.2 Å². The molecule has 0 spiro atoms. The molecule has 1 heterocycles. The first-order valence-corrected chi connectivity index (χ1v) is 12.3. The standard InChI is InChI=1S/C23H30N2O6S/c1-4-30-21-9-7-18(15-22(21)31-5-2)23(26)24-11-13-32(27,28)25-12-10-17-14-20(29-3)8-6-19(17)16-25/h6-9,14-15H,4-5,10-13,16H2,1-3H3,(H,24,26). The van der Waals surface area contributed by atoms with E-state index in [1.165, 1.54) is 4.31 Å². The molecule has 1 amide bonds. The largest absolute Gasteiger partial charge is 0.497 e. The van der Waals surface area contributed by atoms with E-state index in [-0.39, 0.29) is 18.2 Å². The highest BCUT2D eigenvalue weighted by Crippen LogP contribution is 2.28. The zero-order valence-electron chi connectivity index (χ0n) is 18.7. The number of benzene rings is 2. The Morgan fingerprint density at radius 3 is 2.50 bits per heavy atom. The SMILES string of the molecule is CCOc1ccc(C(=O)NCCS(=O)(=O)N2CCc3cc(OC)ccc3C2)cc1OCC. The minimum atomic E-state index is -3.51. The van der Waals surface area contributed by atoms with Crippen molar-refractivity contribution in [1.82, 2.24) is 9.62 Å². The highest BCUT2D eigenvalue weighted by atomic mass is 32.2. The van der Waals surface area contributed by atoms with E-state index in [2.05, 4.69) is 5.32 Å². The summed E-state index contributed by atoms with van der Waals surface area (Å²) < 4.78 is 43.4. The van der Waals surface area contributed by atoms with Crippen LogP contribution in [0.25, 0.3) is 0 Å². The second-order valence-electron chi connectivity index (χ2n) is 7.32. The molecule has 0 unspecified atom stereocenters. The molecule has 1 aliphatic heterocycles. The first-order chi connectivity index (χ1) is 15.4. The first-order valence-electron chi connectivity index (χ1n) is 10.7. The highest BCUT2D eigenvalue weighted by molar-refractivity contribution is 7.89. The van der Waals surface area contributed by atoms with E-state index in [0.29, 0.717) is 49.8 Å². The predicted molar refractivity (Wildman–Crippen MR) is 122 cm³/mol. The number of nitrogens with one attached hydrogen (secondary N) is 1. The van der Waals surface area contributed by atoms with E-state index >= 15 is 0 Å². The van der Waals surface area contributed by atoms with E-state index in [1.54, 1.807) is 25.3 Å². The van der Waals surface area contributed by atoms with Crippen LogP contribution in [-0.4, -0.2) is 57.8 Å². The molecule has 0 radical (unpaired) electrons. The summed E-state index contributed by atoms with van der Waals surface area (Å²) >= 11 is 0. The van der Waals surface area contributed by atoms with Crippen molar-refractivity contribution in [3.8, 4) is 17.2 Å². The highest BCUT2D eigenvalue weighted by Gasteiger charge is 2.27. The zero-order chi connectivity index (χ0) is 23.1. The Hall–Kier alpha value is -2.78. The number of methoxy groups -OCH3 is 1. The lowest BCUT2D eigenvalue weighted by molar-refractivity contribution is 0.0955. The summed E-state index contributed by atoms with van der Waals surface area (Å²) in [5.41, 5.74) is 2.46. The number of hydrogen-bond donors (Lipinski definition) is 1. The minimum Gasteiger partial charge on any atom is -0.497 e. The number of ether oxygens (including phenoxy) is 3. The Kier molecular flexibility index (Phi) is 7.98. The lowest BCUT2D eigenvalue weighted by atomic mass is 10.0. The number of hydrogen-bond acceptors (Lipinski definition) is 6. The number of nitrogens with zero attached hydrogens (tertiary/aromatic N) is 1. The van der Waals surface area contributed by atoms with Gasteiger partial charge in [0.2, 0.25) is 10.0 Å². The Morgan fingerprint density at radius 2 is 1.78 bits per heavy atom. The molecular formula is C23H30N2O6S. The normalized spacial score (nSPS) is 13.8. The van der Waals surface area contributed by atoms with Crippen LogP contribution >= 0.6 is 0 Å². The van der Waals surface area contributed by atoms with Gasteiger partial charge in [0.1, 0.15) is 5.75 Å². The van der Waals surface area contributed by atoms with Gasteiger partial charge in [0.05, 0.1) is 26.1 Å². The van der Waals surface area contributed by atoms with Crippen LogP contribution in [0.1, 0.15) is 35.3 Å². The van der Waals surface area contributed by atoms with Gasteiger partial charge in [-0.3, -0.25) is 4.79 Å². The molecular weight excluding hydrogens is 432 g/mol. The van der Waals surface area contributed by atoms with Crippen molar-refractivity contribution in [2.24, 2.45) is 0 Å². The van der Waals surface area contributed by atoms with Crippen LogP contribution in [0.3, 0.4) is 0 Å². The van der Waals surface area contributed by atoms with Gasteiger partial charge in [0.25, 0.3) is 5.91 Å². The third kappa shape index (κ3) is 5.72. The molecule has 0 aliphatic carbocycles. The molecule has 0 saturated carbocycles. The molecule has 8 nitrogen and oxygen atoms in total. The maximum atomic E-state index is 12.8. The second kappa shape index (κ2) is 10.7. The molecule has 3 rings (SSSR count). The number of fused-ring (bicyclic) bond motifs is 1. The van der Waals surface area contributed by atoms with E-state index < -0.39 is 10.0 Å². The summed E-state index contributed by atoms with van der Waals surface area (Å²) in [4.78, 5) is 12.5. The summed E-state index contributed by atoms with van der Waals surface area (Å²) in [5.74, 6) is 1.29. The fourth-order valence-corrected chi connectivity index (χ4v) is 4.91. The number of carbonyl (C=O) groups excluding carboxylic acids is 1. The average molecular weight is 463 g/mol. The topological polar surface area (TPSA) is 94.2 Å². The van der Waals surface area contributed by atoms with Gasteiger partial charge in [-0.2, -0.15) is 4.31 Å². The quantitative estimate of drug-likeness (QED) is 0.583. The summed E-state index contributed by atoms with van der Waals surface area (Å²) in [6.07, 6.45) is 0.629. The van der Waals surface area contributed by atoms with Gasteiger partial charge in [0, 0.05) is 25.2 Å². The fourth-order valence-electron chi connectivity index (χ4n) is 3.58. The molecule has 174 valence electrons. The molecule has 9 heteroatoms. The van der Waals surface area contributed by atoms with Gasteiger partial charge in [0.15, 0.2) is 11.5 Å². The van der Waals surface area contributed by atoms with Crippen LogP contribution in [0.15, 0.2) is 36.4 Å². The number of amides is 1. The monoisotopic (exact) mass is 462 g/mol. The predicted octanol–water partition coefficient (Wildman–Crippen LogP) is 2.61. The van der Waals surface area contributed by atoms with Crippen molar-refractivity contribution in [1.29, 1.82) is 0 Å². The Labute approximate surface area is 189 Å². The van der Waals surface area contributed by atoms with Crippen LogP contribution in [0, 0.1) is 0 Å². The lowest BCUT2D eigenvalue weighted by Gasteiger charge is -2.28. The van der Waals surface area contributed by atoms with E-state index in [4.69, 9.17) is 14.2 Å². The minimum absolute atomic E-state index is 0.0182. The summed E-state index contributed by atoms with van der Waals surface area (Å²) in [6, 6.07) is 10.6. The first kappa shape index (κ1) is 23.9. The van der Waals surface area contributed by atoms with Gasteiger partial charge in [-0.15, -0.1) is 0 Å². The van der Waals surface area contributed by atoms with Crippen molar-refractivity contribution >= 4 is 15.9 Å². The molecule has 0 bridgehead atoms. The Bertz CT molecular complexity index is 1050. The third-order valence-electron chi connectivity index (χ3n) is 5.24. The van der Waals surface area contributed by atoms with Crippen molar-refractivity contribution in [2.45, 2.75) is 26.8 Å². The Morgan fingerprint density at radius 1 is 1.03 bits per heavy atom. The number of sulfonamides is 1. The van der Waals surface area contributed by atoms with Crippen LogP contribution < -0.4 is 19.5 Å². The lowest BCUT2D eigenvalue weighted by Crippen LogP contribution is -2.40. The molecule has 32 heavy (non-hydrogen) atoms. The smallest absolute Gasteiger partial charge is 0.251 e. The van der Waals surface area contributed by atoms with Crippen molar-refractivity contribution in [3.63, 3.8) is 0 Å².